The molecule has 1 aromatic heterocycles. The molecular weight excluding hydrogens is 518 g/mol. The third-order valence-corrected chi connectivity index (χ3v) is 6.56. The van der Waals surface area contributed by atoms with Gasteiger partial charge in [-0.1, -0.05) is 66.7 Å². The number of H-pyrrole nitrogens is 1. The third-order valence-electron chi connectivity index (χ3n) is 6.56. The van der Waals surface area contributed by atoms with Crippen LogP contribution in [0.3, 0.4) is 0 Å². The highest BCUT2D eigenvalue weighted by molar-refractivity contribution is 6.17. The molecule has 0 aliphatic heterocycles. The number of rotatable bonds is 11. The lowest BCUT2D eigenvalue weighted by atomic mass is 9.96. The Morgan fingerprint density at radius 2 is 1.37 bits per heavy atom. The van der Waals surface area contributed by atoms with E-state index in [0.29, 0.717) is 41.6 Å². The minimum atomic E-state index is -0.763. The zero-order valence-electron chi connectivity index (χ0n) is 22.4. The highest BCUT2D eigenvalue weighted by atomic mass is 16.5. The maximum Gasteiger partial charge on any atom is 0.253 e. The summed E-state index contributed by atoms with van der Waals surface area (Å²) in [4.78, 5) is 29.0. The Morgan fingerprint density at radius 1 is 0.756 bits per heavy atom. The zero-order valence-corrected chi connectivity index (χ0v) is 22.4. The number of aromatic nitrogens is 1. The lowest BCUT2D eigenvalue weighted by Gasteiger charge is -2.13. The van der Waals surface area contributed by atoms with Gasteiger partial charge < -0.3 is 30.7 Å². The third kappa shape index (κ3) is 6.07. The first-order chi connectivity index (χ1) is 19.9. The van der Waals surface area contributed by atoms with Crippen LogP contribution in [0.15, 0.2) is 103 Å². The summed E-state index contributed by atoms with van der Waals surface area (Å²) in [6.07, 6.45) is 0. The van der Waals surface area contributed by atoms with E-state index < -0.39 is 5.91 Å². The summed E-state index contributed by atoms with van der Waals surface area (Å²) in [5.41, 5.74) is 15.2. The Balaban J connectivity index is 1.43. The largest absolute Gasteiger partial charge is 0.493 e. The van der Waals surface area contributed by atoms with E-state index >= 15 is 0 Å². The number of benzene rings is 4. The molecule has 1 heterocycles. The molecule has 0 spiro atoms. The number of carbonyl (C=O) groups excluding carboxylic acids is 2. The standard InChI is InChI=1S/C33H29N3O5/c1-39-27-18-24(14-17-26(27)41-20-22-10-6-3-7-11-22)28-29(33(35)38)32(34)36-30(28)31(37)23-12-15-25(16-13-23)40-19-21-8-4-2-5-9-21/h2-18,36H,19-20,34H2,1H3,(H2,35,38). The number of aromatic amines is 1. The molecule has 8 heteroatoms. The molecule has 1 amide bonds. The Labute approximate surface area is 237 Å². The van der Waals surface area contributed by atoms with Crippen molar-refractivity contribution in [3.05, 3.63) is 131 Å². The van der Waals surface area contributed by atoms with E-state index in [4.69, 9.17) is 25.7 Å². The molecule has 0 fully saturated rings. The van der Waals surface area contributed by atoms with Crippen LogP contribution in [-0.2, 0) is 13.2 Å². The van der Waals surface area contributed by atoms with Gasteiger partial charge in [0.05, 0.1) is 18.4 Å². The Morgan fingerprint density at radius 3 is 1.95 bits per heavy atom. The van der Waals surface area contributed by atoms with E-state index in [0.717, 1.165) is 11.1 Å². The molecule has 8 nitrogen and oxygen atoms in total. The van der Waals surface area contributed by atoms with Gasteiger partial charge in [-0.05, 0) is 53.1 Å². The number of nitrogens with one attached hydrogen (secondary N) is 1. The van der Waals surface area contributed by atoms with Crippen molar-refractivity contribution in [3.8, 4) is 28.4 Å². The number of ketones is 1. The van der Waals surface area contributed by atoms with Gasteiger partial charge in [0.15, 0.2) is 11.5 Å². The van der Waals surface area contributed by atoms with Crippen molar-refractivity contribution in [3.63, 3.8) is 0 Å². The number of ether oxygens (including phenoxy) is 3. The van der Waals surface area contributed by atoms with Crippen molar-refractivity contribution in [1.29, 1.82) is 0 Å². The highest BCUT2D eigenvalue weighted by Crippen LogP contribution is 2.38. The number of anilines is 1. The molecule has 0 atom stereocenters. The van der Waals surface area contributed by atoms with E-state index in [2.05, 4.69) is 4.98 Å². The maximum atomic E-state index is 13.7. The van der Waals surface area contributed by atoms with E-state index in [1.165, 1.54) is 7.11 Å². The molecule has 0 unspecified atom stereocenters. The number of nitrogens with two attached hydrogens (primary N) is 2. The lowest BCUT2D eigenvalue weighted by Crippen LogP contribution is -2.13. The van der Waals surface area contributed by atoms with Crippen molar-refractivity contribution in [1.82, 2.24) is 4.98 Å². The molecule has 5 aromatic rings. The average Bonchev–Trinajstić information content (AvgIpc) is 3.37. The minimum absolute atomic E-state index is 0.00188. The van der Waals surface area contributed by atoms with Gasteiger partial charge in [-0.3, -0.25) is 9.59 Å². The first-order valence-corrected chi connectivity index (χ1v) is 12.9. The molecule has 5 rings (SSSR count). The molecule has 0 saturated carbocycles. The molecule has 0 aliphatic carbocycles. The van der Waals surface area contributed by atoms with Gasteiger partial charge in [0.1, 0.15) is 24.8 Å². The number of nitrogen functional groups attached to an aromatic ring is 1. The van der Waals surface area contributed by atoms with Crippen LogP contribution < -0.4 is 25.7 Å². The predicted octanol–water partition coefficient (Wildman–Crippen LogP) is 5.76. The van der Waals surface area contributed by atoms with Crippen LogP contribution in [0.5, 0.6) is 17.2 Å². The fourth-order valence-corrected chi connectivity index (χ4v) is 4.50. The van der Waals surface area contributed by atoms with Crippen molar-refractivity contribution in [2.75, 3.05) is 12.8 Å². The summed E-state index contributed by atoms with van der Waals surface area (Å²) in [7, 11) is 1.52. The normalized spacial score (nSPS) is 10.7. The maximum absolute atomic E-state index is 13.7. The van der Waals surface area contributed by atoms with E-state index in [1.807, 2.05) is 60.7 Å². The molecule has 5 N–H and O–H groups in total. The van der Waals surface area contributed by atoms with Gasteiger partial charge in [-0.25, -0.2) is 0 Å². The number of methoxy groups -OCH3 is 1. The van der Waals surface area contributed by atoms with Gasteiger partial charge in [0.25, 0.3) is 5.91 Å². The van der Waals surface area contributed by atoms with Crippen molar-refractivity contribution < 1.29 is 23.8 Å². The van der Waals surface area contributed by atoms with E-state index in [9.17, 15) is 9.59 Å². The quantitative estimate of drug-likeness (QED) is 0.180. The zero-order chi connectivity index (χ0) is 28.8. The highest BCUT2D eigenvalue weighted by Gasteiger charge is 2.27. The summed E-state index contributed by atoms with van der Waals surface area (Å²) in [6.45, 7) is 0.745. The van der Waals surface area contributed by atoms with Crippen molar-refractivity contribution in [2.24, 2.45) is 5.73 Å². The topological polar surface area (TPSA) is 130 Å². The van der Waals surface area contributed by atoms with Crippen LogP contribution in [-0.4, -0.2) is 23.8 Å². The predicted molar refractivity (Wildman–Crippen MR) is 157 cm³/mol. The average molecular weight is 548 g/mol. The molecule has 41 heavy (non-hydrogen) atoms. The molecule has 0 saturated heterocycles. The molecule has 0 bridgehead atoms. The Bertz CT molecular complexity index is 1660. The summed E-state index contributed by atoms with van der Waals surface area (Å²) in [6, 6.07) is 31.4. The monoisotopic (exact) mass is 547 g/mol. The molecule has 206 valence electrons. The number of carbonyl (C=O) groups is 2. The second-order valence-electron chi connectivity index (χ2n) is 9.30. The molecular formula is C33H29N3O5. The number of hydrogen-bond donors (Lipinski definition) is 3. The molecule has 4 aromatic carbocycles. The summed E-state index contributed by atoms with van der Waals surface area (Å²) < 4.78 is 17.4. The molecule has 0 radical (unpaired) electrons. The van der Waals surface area contributed by atoms with Gasteiger partial charge in [-0.2, -0.15) is 0 Å². The van der Waals surface area contributed by atoms with E-state index in [-0.39, 0.29) is 28.4 Å². The van der Waals surface area contributed by atoms with Gasteiger partial charge in [0.2, 0.25) is 5.78 Å². The fourth-order valence-electron chi connectivity index (χ4n) is 4.50. The number of hydrogen-bond acceptors (Lipinski definition) is 6. The summed E-state index contributed by atoms with van der Waals surface area (Å²) in [5.74, 6) is 0.417. The van der Waals surface area contributed by atoms with E-state index in [1.54, 1.807) is 42.5 Å². The van der Waals surface area contributed by atoms with Crippen LogP contribution in [0, 0.1) is 0 Å². The van der Waals surface area contributed by atoms with Crippen molar-refractivity contribution in [2.45, 2.75) is 13.2 Å². The van der Waals surface area contributed by atoms with Gasteiger partial charge in [0, 0.05) is 11.1 Å². The van der Waals surface area contributed by atoms with Gasteiger partial charge in [-0.15, -0.1) is 0 Å². The first-order valence-electron chi connectivity index (χ1n) is 12.9. The summed E-state index contributed by atoms with van der Waals surface area (Å²) in [5, 5.41) is 0. The first kappa shape index (κ1) is 27.1. The van der Waals surface area contributed by atoms with Gasteiger partial charge >= 0.3 is 0 Å². The fraction of sp³-hybridized carbons (Fsp3) is 0.0909. The lowest BCUT2D eigenvalue weighted by molar-refractivity contribution is 0.100. The second-order valence-corrected chi connectivity index (χ2v) is 9.30. The second kappa shape index (κ2) is 12.1. The van der Waals surface area contributed by atoms with Crippen molar-refractivity contribution >= 4 is 17.5 Å². The Kier molecular flexibility index (Phi) is 8.01. The number of primary amides is 1. The van der Waals surface area contributed by atoms with Crippen LogP contribution in [0.25, 0.3) is 11.1 Å². The van der Waals surface area contributed by atoms with Crippen LogP contribution in [0.1, 0.15) is 37.5 Å². The SMILES string of the molecule is COc1cc(-c2c(C(=O)c3ccc(OCc4ccccc4)cc3)[nH]c(N)c2C(N)=O)ccc1OCc1ccccc1. The molecule has 0 aliphatic rings. The van der Waals surface area contributed by atoms with Crippen LogP contribution >= 0.6 is 0 Å². The Hall–Kier alpha value is -5.50. The number of amides is 1. The van der Waals surface area contributed by atoms with Crippen LogP contribution in [0.2, 0.25) is 0 Å². The van der Waals surface area contributed by atoms with Crippen LogP contribution in [0.4, 0.5) is 5.82 Å². The summed E-state index contributed by atoms with van der Waals surface area (Å²) >= 11 is 0. The minimum Gasteiger partial charge on any atom is -0.493 e. The smallest absolute Gasteiger partial charge is 0.253 e.